The van der Waals surface area contributed by atoms with Crippen LogP contribution in [0.2, 0.25) is 0 Å². The first kappa shape index (κ1) is 24.9. The fraction of sp³-hybridized carbons (Fsp3) is 0.296. The van der Waals surface area contributed by atoms with E-state index >= 15 is 0 Å². The van der Waals surface area contributed by atoms with E-state index in [4.69, 9.17) is 4.74 Å². The second kappa shape index (κ2) is 11.0. The van der Waals surface area contributed by atoms with Gasteiger partial charge in [-0.15, -0.1) is 0 Å². The number of carbonyl (C=O) groups is 1. The van der Waals surface area contributed by atoms with Gasteiger partial charge in [0.1, 0.15) is 0 Å². The number of hydrogen-bond donors (Lipinski definition) is 2. The predicted molar refractivity (Wildman–Crippen MR) is 137 cm³/mol. The number of carbonyl (C=O) groups excluding carboxylic acids is 1. The van der Waals surface area contributed by atoms with Crippen LogP contribution in [0.1, 0.15) is 27.0 Å². The van der Waals surface area contributed by atoms with Crippen molar-refractivity contribution in [3.8, 4) is 0 Å². The molecule has 0 saturated carbocycles. The van der Waals surface area contributed by atoms with Gasteiger partial charge >= 0.3 is 0 Å². The molecular formula is C27H31N3O4S. The minimum atomic E-state index is -3.71. The van der Waals surface area contributed by atoms with Crippen LogP contribution in [-0.2, 0) is 21.3 Å². The standard InChI is InChI=1S/C27H31N3O4S/c1-20-8-13-26(16-21(20)2)35(32,33)29-24-11-9-23(10-12-24)27(31)28-17-25-19-30(14-15-34-25)18-22-6-4-3-5-7-22/h3-13,16,25,29H,14-15,17-19H2,1-2H3,(H,28,31). The van der Waals surface area contributed by atoms with Crippen LogP contribution in [0.4, 0.5) is 5.69 Å². The van der Waals surface area contributed by atoms with Crippen LogP contribution in [0.5, 0.6) is 0 Å². The number of anilines is 1. The summed E-state index contributed by atoms with van der Waals surface area (Å²) in [5.74, 6) is -0.225. The van der Waals surface area contributed by atoms with Crippen LogP contribution in [0.15, 0.2) is 77.7 Å². The summed E-state index contributed by atoms with van der Waals surface area (Å²) in [6, 6.07) is 21.7. The summed E-state index contributed by atoms with van der Waals surface area (Å²) in [6.45, 7) is 7.31. The second-order valence-corrected chi connectivity index (χ2v) is 10.5. The molecule has 1 aliphatic heterocycles. The quantitative estimate of drug-likeness (QED) is 0.499. The molecule has 1 atom stereocenters. The lowest BCUT2D eigenvalue weighted by atomic mass is 10.1. The maximum Gasteiger partial charge on any atom is 0.261 e. The molecule has 7 nitrogen and oxygen atoms in total. The zero-order valence-electron chi connectivity index (χ0n) is 20.0. The number of sulfonamides is 1. The average molecular weight is 494 g/mol. The Morgan fingerprint density at radius 2 is 1.74 bits per heavy atom. The summed E-state index contributed by atoms with van der Waals surface area (Å²) in [4.78, 5) is 15.2. The summed E-state index contributed by atoms with van der Waals surface area (Å²) in [6.07, 6.45) is -0.0829. The minimum Gasteiger partial charge on any atom is -0.374 e. The van der Waals surface area contributed by atoms with Gasteiger partial charge in [-0.2, -0.15) is 0 Å². The third kappa shape index (κ3) is 6.69. The molecule has 0 bridgehead atoms. The Hall–Kier alpha value is -3.20. The molecule has 1 aliphatic rings. The fourth-order valence-corrected chi connectivity index (χ4v) is 5.13. The molecule has 3 aromatic rings. The zero-order chi connectivity index (χ0) is 24.8. The van der Waals surface area contributed by atoms with Crippen molar-refractivity contribution in [3.05, 3.63) is 95.1 Å². The van der Waals surface area contributed by atoms with Crippen molar-refractivity contribution in [1.29, 1.82) is 0 Å². The molecule has 0 radical (unpaired) electrons. The highest BCUT2D eigenvalue weighted by Crippen LogP contribution is 2.19. The highest BCUT2D eigenvalue weighted by molar-refractivity contribution is 7.92. The van der Waals surface area contributed by atoms with E-state index in [1.54, 1.807) is 42.5 Å². The lowest BCUT2D eigenvalue weighted by Gasteiger charge is -2.33. The summed E-state index contributed by atoms with van der Waals surface area (Å²) in [7, 11) is -3.71. The number of morpholine rings is 1. The topological polar surface area (TPSA) is 87.7 Å². The summed E-state index contributed by atoms with van der Waals surface area (Å²) in [5, 5.41) is 2.93. The van der Waals surface area contributed by atoms with Crippen LogP contribution in [0.25, 0.3) is 0 Å². The Balaban J connectivity index is 1.29. The number of aryl methyl sites for hydroxylation is 2. The first-order chi connectivity index (χ1) is 16.8. The van der Waals surface area contributed by atoms with Gasteiger partial charge in [-0.3, -0.25) is 14.4 Å². The Labute approximate surface area is 207 Å². The number of amides is 1. The average Bonchev–Trinajstić information content (AvgIpc) is 2.85. The first-order valence-electron chi connectivity index (χ1n) is 11.7. The van der Waals surface area contributed by atoms with Crippen molar-refractivity contribution in [3.63, 3.8) is 0 Å². The number of nitrogens with zero attached hydrogens (tertiary/aromatic N) is 1. The van der Waals surface area contributed by atoms with Crippen LogP contribution in [0.3, 0.4) is 0 Å². The van der Waals surface area contributed by atoms with Crippen molar-refractivity contribution in [2.45, 2.75) is 31.4 Å². The summed E-state index contributed by atoms with van der Waals surface area (Å²) in [5.41, 5.74) is 4.04. The SMILES string of the molecule is Cc1ccc(S(=O)(=O)Nc2ccc(C(=O)NCC3CN(Cc4ccccc4)CCO3)cc2)cc1C. The molecule has 1 unspecified atom stereocenters. The van der Waals surface area contributed by atoms with Crippen molar-refractivity contribution < 1.29 is 17.9 Å². The zero-order valence-corrected chi connectivity index (χ0v) is 20.8. The van der Waals surface area contributed by atoms with Crippen molar-refractivity contribution in [1.82, 2.24) is 10.2 Å². The fourth-order valence-electron chi connectivity index (χ4n) is 3.98. The van der Waals surface area contributed by atoms with Gasteiger partial charge in [0.2, 0.25) is 0 Å². The van der Waals surface area contributed by atoms with Gasteiger partial charge in [0.05, 0.1) is 17.6 Å². The molecule has 35 heavy (non-hydrogen) atoms. The Morgan fingerprint density at radius 1 is 1.00 bits per heavy atom. The smallest absolute Gasteiger partial charge is 0.261 e. The first-order valence-corrected chi connectivity index (χ1v) is 13.1. The highest BCUT2D eigenvalue weighted by Gasteiger charge is 2.21. The van der Waals surface area contributed by atoms with E-state index in [0.29, 0.717) is 24.4 Å². The van der Waals surface area contributed by atoms with E-state index in [9.17, 15) is 13.2 Å². The van der Waals surface area contributed by atoms with Crippen LogP contribution in [-0.4, -0.2) is 51.6 Å². The van der Waals surface area contributed by atoms with Gasteiger partial charge in [-0.1, -0.05) is 36.4 Å². The Bertz CT molecular complexity index is 1260. The van der Waals surface area contributed by atoms with Crippen molar-refractivity contribution in [2.75, 3.05) is 31.0 Å². The van der Waals surface area contributed by atoms with E-state index in [2.05, 4.69) is 27.1 Å². The van der Waals surface area contributed by atoms with Gasteiger partial charge in [0, 0.05) is 37.4 Å². The lowest BCUT2D eigenvalue weighted by Crippen LogP contribution is -2.47. The molecule has 1 fully saturated rings. The molecule has 0 aliphatic carbocycles. The van der Waals surface area contributed by atoms with Crippen molar-refractivity contribution in [2.24, 2.45) is 0 Å². The molecule has 4 rings (SSSR count). The van der Waals surface area contributed by atoms with Gasteiger partial charge in [0.25, 0.3) is 15.9 Å². The maximum atomic E-state index is 12.7. The Kier molecular flexibility index (Phi) is 7.85. The predicted octanol–water partition coefficient (Wildman–Crippen LogP) is 3.74. The highest BCUT2D eigenvalue weighted by atomic mass is 32.2. The Morgan fingerprint density at radius 3 is 2.46 bits per heavy atom. The van der Waals surface area contributed by atoms with Gasteiger partial charge in [-0.05, 0) is 66.9 Å². The molecule has 1 amide bonds. The molecule has 8 heteroatoms. The lowest BCUT2D eigenvalue weighted by molar-refractivity contribution is -0.0292. The molecule has 0 spiro atoms. The molecule has 3 aromatic carbocycles. The molecule has 2 N–H and O–H groups in total. The number of rotatable bonds is 8. The van der Waals surface area contributed by atoms with Gasteiger partial charge in [-0.25, -0.2) is 8.42 Å². The van der Waals surface area contributed by atoms with Crippen LogP contribution in [0, 0.1) is 13.8 Å². The normalized spacial score (nSPS) is 16.6. The third-order valence-electron chi connectivity index (χ3n) is 6.15. The molecule has 1 heterocycles. The van der Waals surface area contributed by atoms with E-state index in [0.717, 1.165) is 30.8 Å². The number of ether oxygens (including phenoxy) is 1. The van der Waals surface area contributed by atoms with E-state index in [-0.39, 0.29) is 16.9 Å². The number of hydrogen-bond acceptors (Lipinski definition) is 5. The molecule has 184 valence electrons. The second-order valence-electron chi connectivity index (χ2n) is 8.85. The summed E-state index contributed by atoms with van der Waals surface area (Å²) >= 11 is 0. The van der Waals surface area contributed by atoms with Gasteiger partial charge < -0.3 is 10.1 Å². The van der Waals surface area contributed by atoms with E-state index in [1.165, 1.54) is 5.56 Å². The maximum absolute atomic E-state index is 12.7. The largest absolute Gasteiger partial charge is 0.374 e. The number of nitrogens with one attached hydrogen (secondary N) is 2. The summed E-state index contributed by atoms with van der Waals surface area (Å²) < 4.78 is 33.8. The monoisotopic (exact) mass is 493 g/mol. The van der Waals surface area contributed by atoms with Gasteiger partial charge in [0.15, 0.2) is 0 Å². The van der Waals surface area contributed by atoms with Crippen LogP contribution >= 0.6 is 0 Å². The van der Waals surface area contributed by atoms with E-state index in [1.807, 2.05) is 32.0 Å². The number of benzene rings is 3. The minimum absolute atomic E-state index is 0.0829. The molecule has 0 aromatic heterocycles. The third-order valence-corrected chi connectivity index (χ3v) is 7.53. The van der Waals surface area contributed by atoms with Crippen molar-refractivity contribution >= 4 is 21.6 Å². The molecular weight excluding hydrogens is 462 g/mol. The van der Waals surface area contributed by atoms with Crippen LogP contribution < -0.4 is 10.0 Å². The molecule has 1 saturated heterocycles. The van der Waals surface area contributed by atoms with E-state index < -0.39 is 10.0 Å².